The van der Waals surface area contributed by atoms with Gasteiger partial charge in [-0.3, -0.25) is 4.79 Å². The van der Waals surface area contributed by atoms with Gasteiger partial charge in [-0.1, -0.05) is 0 Å². The Balaban J connectivity index is 2.40. The van der Waals surface area contributed by atoms with Crippen LogP contribution in [-0.2, 0) is 0 Å². The first-order valence-electron chi connectivity index (χ1n) is 3.94. The average Bonchev–Trinajstić information content (AvgIpc) is 2.17. The Morgan fingerprint density at radius 1 is 1.69 bits per heavy atom. The molecular weight excluding hydrogens is 170 g/mol. The minimum atomic E-state index is -0.496. The van der Waals surface area contributed by atoms with Crippen LogP contribution in [0.2, 0.25) is 0 Å². The molecule has 2 heterocycles. The fourth-order valence-corrected chi connectivity index (χ4v) is 1.15. The Morgan fingerprint density at radius 3 is 3.31 bits per heavy atom. The number of nitrogens with zero attached hydrogens (tertiary/aromatic N) is 1. The maximum absolute atomic E-state index is 10.8. The summed E-state index contributed by atoms with van der Waals surface area (Å²) in [5.74, 6) is 0.753. The number of hydrogen-bond acceptors (Lipinski definition) is 4. The van der Waals surface area contributed by atoms with Crippen LogP contribution >= 0.6 is 0 Å². The number of carbonyl (C=O) groups excluding carboxylic acids is 1. The molecule has 1 aromatic rings. The minimum absolute atomic E-state index is 0.363. The van der Waals surface area contributed by atoms with Crippen LogP contribution in [0, 0.1) is 0 Å². The number of rotatable bonds is 1. The Morgan fingerprint density at radius 2 is 2.54 bits per heavy atom. The molecule has 1 aliphatic heterocycles. The van der Waals surface area contributed by atoms with E-state index in [1.807, 2.05) is 0 Å². The van der Waals surface area contributed by atoms with Crippen molar-refractivity contribution < 1.29 is 9.53 Å². The smallest absolute Gasteiger partial charge is 0.250 e. The normalized spacial score (nSPS) is 13.8. The van der Waals surface area contributed by atoms with Crippen molar-refractivity contribution in [2.24, 2.45) is 5.73 Å². The van der Waals surface area contributed by atoms with Gasteiger partial charge >= 0.3 is 0 Å². The molecule has 0 atom stereocenters. The molecule has 5 nitrogen and oxygen atoms in total. The van der Waals surface area contributed by atoms with Gasteiger partial charge in [-0.2, -0.15) is 0 Å². The van der Waals surface area contributed by atoms with Gasteiger partial charge in [-0.25, -0.2) is 4.98 Å². The van der Waals surface area contributed by atoms with Gasteiger partial charge in [-0.05, 0) is 6.07 Å². The van der Waals surface area contributed by atoms with Gasteiger partial charge in [0.2, 0.25) is 5.91 Å². The fraction of sp³-hybridized carbons (Fsp3) is 0.250. The topological polar surface area (TPSA) is 77.2 Å². The maximum Gasteiger partial charge on any atom is 0.250 e. The molecule has 0 saturated heterocycles. The summed E-state index contributed by atoms with van der Waals surface area (Å²) in [4.78, 5) is 14.8. The quantitative estimate of drug-likeness (QED) is 0.635. The van der Waals surface area contributed by atoms with Gasteiger partial charge in [0.25, 0.3) is 0 Å². The van der Waals surface area contributed by atoms with E-state index in [4.69, 9.17) is 10.5 Å². The standard InChI is InChI=1S/C8H9N3O2/c9-7(12)5-3-6-8(11-4-5)10-1-2-13-6/h3-4H,1-2H2,(H2,9,12)(H,10,11). The van der Waals surface area contributed by atoms with Crippen molar-refractivity contribution in [3.63, 3.8) is 0 Å². The zero-order chi connectivity index (χ0) is 9.26. The second-order valence-electron chi connectivity index (χ2n) is 2.71. The van der Waals surface area contributed by atoms with Gasteiger partial charge in [0.05, 0.1) is 12.1 Å². The zero-order valence-electron chi connectivity index (χ0n) is 6.91. The number of carbonyl (C=O) groups is 1. The third-order valence-electron chi connectivity index (χ3n) is 1.79. The first-order chi connectivity index (χ1) is 6.27. The molecule has 0 fully saturated rings. The van der Waals surface area contributed by atoms with Gasteiger partial charge in [0, 0.05) is 6.20 Å². The van der Waals surface area contributed by atoms with E-state index in [0.29, 0.717) is 23.7 Å². The van der Waals surface area contributed by atoms with Crippen LogP contribution < -0.4 is 15.8 Å². The number of aromatic nitrogens is 1. The van der Waals surface area contributed by atoms with E-state index in [-0.39, 0.29) is 0 Å². The molecular formula is C8H9N3O2. The lowest BCUT2D eigenvalue weighted by atomic mass is 10.2. The lowest BCUT2D eigenvalue weighted by Gasteiger charge is -2.17. The molecule has 0 saturated carbocycles. The van der Waals surface area contributed by atoms with E-state index < -0.39 is 5.91 Å². The Hall–Kier alpha value is -1.78. The van der Waals surface area contributed by atoms with Crippen LogP contribution in [0.4, 0.5) is 5.82 Å². The predicted molar refractivity (Wildman–Crippen MR) is 46.7 cm³/mol. The summed E-state index contributed by atoms with van der Waals surface area (Å²) < 4.78 is 5.28. The zero-order valence-corrected chi connectivity index (χ0v) is 6.91. The van der Waals surface area contributed by atoms with Crippen molar-refractivity contribution in [1.82, 2.24) is 4.98 Å². The SMILES string of the molecule is NC(=O)c1cnc2c(c1)OCCN2. The monoisotopic (exact) mass is 179 g/mol. The van der Waals surface area contributed by atoms with E-state index >= 15 is 0 Å². The summed E-state index contributed by atoms with van der Waals surface area (Å²) in [6.07, 6.45) is 1.43. The molecule has 2 rings (SSSR count). The Labute approximate surface area is 74.9 Å². The van der Waals surface area contributed by atoms with Gasteiger partial charge in [0.1, 0.15) is 6.61 Å². The molecule has 3 N–H and O–H groups in total. The third-order valence-corrected chi connectivity index (χ3v) is 1.79. The predicted octanol–water partition coefficient (Wildman–Crippen LogP) is -0.0152. The van der Waals surface area contributed by atoms with E-state index in [2.05, 4.69) is 10.3 Å². The van der Waals surface area contributed by atoms with Crippen LogP contribution in [0.15, 0.2) is 12.3 Å². The largest absolute Gasteiger partial charge is 0.488 e. The average molecular weight is 179 g/mol. The van der Waals surface area contributed by atoms with Crippen LogP contribution in [0.5, 0.6) is 5.75 Å². The number of ether oxygens (including phenoxy) is 1. The second-order valence-corrected chi connectivity index (χ2v) is 2.71. The van der Waals surface area contributed by atoms with Crippen molar-refractivity contribution in [3.05, 3.63) is 17.8 Å². The van der Waals surface area contributed by atoms with Gasteiger partial charge < -0.3 is 15.8 Å². The van der Waals surface area contributed by atoms with E-state index in [9.17, 15) is 4.79 Å². The molecule has 68 valence electrons. The second kappa shape index (κ2) is 2.93. The molecule has 0 aromatic carbocycles. The number of hydrogen-bond donors (Lipinski definition) is 2. The number of fused-ring (bicyclic) bond motifs is 1. The summed E-state index contributed by atoms with van der Waals surface area (Å²) in [6.45, 7) is 1.31. The molecule has 0 bridgehead atoms. The van der Waals surface area contributed by atoms with Crippen LogP contribution in [-0.4, -0.2) is 24.0 Å². The van der Waals surface area contributed by atoms with Crippen molar-refractivity contribution in [2.75, 3.05) is 18.5 Å². The summed E-state index contributed by atoms with van der Waals surface area (Å²) >= 11 is 0. The molecule has 0 spiro atoms. The van der Waals surface area contributed by atoms with Crippen LogP contribution in [0.3, 0.4) is 0 Å². The molecule has 13 heavy (non-hydrogen) atoms. The van der Waals surface area contributed by atoms with E-state index in [0.717, 1.165) is 6.54 Å². The molecule has 0 unspecified atom stereocenters. The first-order valence-corrected chi connectivity index (χ1v) is 3.94. The van der Waals surface area contributed by atoms with Crippen LogP contribution in [0.25, 0.3) is 0 Å². The van der Waals surface area contributed by atoms with Crippen molar-refractivity contribution in [1.29, 1.82) is 0 Å². The number of amides is 1. The number of anilines is 1. The summed E-state index contributed by atoms with van der Waals surface area (Å²) in [6, 6.07) is 1.59. The molecule has 1 aromatic heterocycles. The highest BCUT2D eigenvalue weighted by atomic mass is 16.5. The highest BCUT2D eigenvalue weighted by Gasteiger charge is 2.12. The number of nitrogens with two attached hydrogens (primary N) is 1. The molecule has 0 radical (unpaired) electrons. The van der Waals surface area contributed by atoms with Gasteiger partial charge in [0.15, 0.2) is 11.6 Å². The molecule has 1 aliphatic rings. The fourth-order valence-electron chi connectivity index (χ4n) is 1.15. The Kier molecular flexibility index (Phi) is 1.77. The number of primary amides is 1. The summed E-state index contributed by atoms with van der Waals surface area (Å²) in [5, 5.41) is 3.04. The summed E-state index contributed by atoms with van der Waals surface area (Å²) in [5.41, 5.74) is 5.46. The molecule has 1 amide bonds. The molecule has 0 aliphatic carbocycles. The van der Waals surface area contributed by atoms with Gasteiger partial charge in [-0.15, -0.1) is 0 Å². The first kappa shape index (κ1) is 7.85. The maximum atomic E-state index is 10.8. The van der Waals surface area contributed by atoms with Crippen LogP contribution in [0.1, 0.15) is 10.4 Å². The third kappa shape index (κ3) is 1.40. The summed E-state index contributed by atoms with van der Waals surface area (Å²) in [7, 11) is 0. The minimum Gasteiger partial charge on any atom is -0.488 e. The van der Waals surface area contributed by atoms with E-state index in [1.165, 1.54) is 6.20 Å². The number of nitrogens with one attached hydrogen (secondary N) is 1. The molecule has 5 heteroatoms. The highest BCUT2D eigenvalue weighted by molar-refractivity contribution is 5.93. The number of pyridine rings is 1. The van der Waals surface area contributed by atoms with E-state index in [1.54, 1.807) is 6.07 Å². The lowest BCUT2D eigenvalue weighted by Crippen LogP contribution is -2.20. The highest BCUT2D eigenvalue weighted by Crippen LogP contribution is 2.24. The Bertz CT molecular complexity index is 351. The van der Waals surface area contributed by atoms with Crippen molar-refractivity contribution >= 4 is 11.7 Å². The van der Waals surface area contributed by atoms with Crippen molar-refractivity contribution in [2.45, 2.75) is 0 Å². The lowest BCUT2D eigenvalue weighted by molar-refractivity contribution is 0.0999. The van der Waals surface area contributed by atoms with Crippen molar-refractivity contribution in [3.8, 4) is 5.75 Å².